The maximum atomic E-state index is 14.1. The summed E-state index contributed by atoms with van der Waals surface area (Å²) >= 11 is 0. The highest BCUT2D eigenvalue weighted by molar-refractivity contribution is 5.31. The minimum absolute atomic E-state index is 0.00481. The lowest BCUT2D eigenvalue weighted by atomic mass is 9.59. The highest BCUT2D eigenvalue weighted by Gasteiger charge is 2.40. The third kappa shape index (κ3) is 2.95. The molecule has 0 amide bonds. The van der Waals surface area contributed by atoms with Crippen molar-refractivity contribution in [3.63, 3.8) is 0 Å². The molecule has 1 aromatic rings. The maximum Gasteiger partial charge on any atom is 0.126 e. The van der Waals surface area contributed by atoms with Crippen LogP contribution < -0.4 is 0 Å². The minimum Gasteiger partial charge on any atom is -0.296 e. The van der Waals surface area contributed by atoms with Crippen LogP contribution in [0.1, 0.15) is 69.4 Å². The zero-order valence-electron chi connectivity index (χ0n) is 14.5. The lowest BCUT2D eigenvalue weighted by Crippen LogP contribution is -2.44. The van der Waals surface area contributed by atoms with Gasteiger partial charge >= 0.3 is 0 Å². The van der Waals surface area contributed by atoms with E-state index in [2.05, 4.69) is 17.9 Å². The van der Waals surface area contributed by atoms with Crippen molar-refractivity contribution in [1.29, 1.82) is 0 Å². The van der Waals surface area contributed by atoms with Crippen LogP contribution in [0, 0.1) is 17.2 Å². The van der Waals surface area contributed by atoms with Crippen LogP contribution in [-0.2, 0) is 13.0 Å². The number of fused-ring (bicyclic) bond motifs is 1. The van der Waals surface area contributed by atoms with Crippen LogP contribution in [0.4, 0.5) is 4.39 Å². The van der Waals surface area contributed by atoms with Crippen LogP contribution in [-0.4, -0.2) is 17.5 Å². The highest BCUT2D eigenvalue weighted by Crippen LogP contribution is 2.52. The average Bonchev–Trinajstić information content (AvgIpc) is 2.54. The largest absolute Gasteiger partial charge is 0.296 e. The van der Waals surface area contributed by atoms with Crippen molar-refractivity contribution < 1.29 is 4.39 Å². The van der Waals surface area contributed by atoms with Gasteiger partial charge in [0.05, 0.1) is 0 Å². The Labute approximate surface area is 140 Å². The summed E-state index contributed by atoms with van der Waals surface area (Å²) in [5, 5.41) is 0. The van der Waals surface area contributed by atoms with Gasteiger partial charge in [-0.3, -0.25) is 4.90 Å². The molecule has 3 aliphatic rings. The van der Waals surface area contributed by atoms with Crippen molar-refractivity contribution in [3.05, 3.63) is 35.1 Å². The fourth-order valence-electron chi connectivity index (χ4n) is 5.29. The standard InChI is InChI=1S/C21H30FN/c1-2-18-13-19-17(5-3-6-20(19)22)15-23(18)14-16-7-11-21(12-8-16)9-4-10-21/h3,5-6,16,18H,2,4,7-15H2,1H3/t18-/m0/s1. The first-order chi connectivity index (χ1) is 11.2. The third-order valence-electron chi connectivity index (χ3n) is 7.09. The van der Waals surface area contributed by atoms with E-state index in [0.717, 1.165) is 36.3 Å². The van der Waals surface area contributed by atoms with Gasteiger partial charge < -0.3 is 0 Å². The molecule has 1 atom stereocenters. The van der Waals surface area contributed by atoms with Crippen molar-refractivity contribution in [2.45, 2.75) is 77.3 Å². The van der Waals surface area contributed by atoms with Gasteiger partial charge in [0.1, 0.15) is 5.82 Å². The number of hydrogen-bond acceptors (Lipinski definition) is 1. The molecule has 0 unspecified atom stereocenters. The quantitative estimate of drug-likeness (QED) is 0.729. The van der Waals surface area contributed by atoms with E-state index >= 15 is 0 Å². The molecule has 1 aromatic carbocycles. The molecule has 1 heterocycles. The van der Waals surface area contributed by atoms with Gasteiger partial charge in [-0.25, -0.2) is 4.39 Å². The number of nitrogens with zero attached hydrogens (tertiary/aromatic N) is 1. The van der Waals surface area contributed by atoms with E-state index in [4.69, 9.17) is 0 Å². The topological polar surface area (TPSA) is 3.24 Å². The summed E-state index contributed by atoms with van der Waals surface area (Å²) in [5.74, 6) is 0.871. The Hall–Kier alpha value is -0.890. The molecule has 2 aliphatic carbocycles. The number of rotatable bonds is 3. The molecular weight excluding hydrogens is 285 g/mol. The summed E-state index contributed by atoms with van der Waals surface area (Å²) in [6, 6.07) is 6.15. The predicted molar refractivity (Wildman–Crippen MR) is 92.8 cm³/mol. The van der Waals surface area contributed by atoms with Gasteiger partial charge in [-0.1, -0.05) is 25.5 Å². The van der Waals surface area contributed by atoms with E-state index in [9.17, 15) is 4.39 Å². The van der Waals surface area contributed by atoms with E-state index in [1.165, 1.54) is 57.1 Å². The SMILES string of the molecule is CC[C@H]1Cc2c(F)cccc2CN1CC1CCC2(CCC2)CC1. The van der Waals surface area contributed by atoms with Gasteiger partial charge in [-0.05, 0) is 79.9 Å². The number of benzene rings is 1. The van der Waals surface area contributed by atoms with E-state index in [0.29, 0.717) is 6.04 Å². The summed E-state index contributed by atoms with van der Waals surface area (Å²) in [5.41, 5.74) is 2.96. The van der Waals surface area contributed by atoms with Gasteiger partial charge in [-0.2, -0.15) is 0 Å². The normalized spacial score (nSPS) is 27.7. The molecule has 2 heteroatoms. The fourth-order valence-corrected chi connectivity index (χ4v) is 5.29. The number of halogens is 1. The van der Waals surface area contributed by atoms with E-state index in [1.807, 2.05) is 6.07 Å². The van der Waals surface area contributed by atoms with Crippen LogP contribution >= 0.6 is 0 Å². The molecule has 1 nitrogen and oxygen atoms in total. The first-order valence-electron chi connectivity index (χ1n) is 9.69. The Bertz CT molecular complexity index is 553. The van der Waals surface area contributed by atoms with Crippen molar-refractivity contribution in [1.82, 2.24) is 4.90 Å². The van der Waals surface area contributed by atoms with Crippen molar-refractivity contribution in [2.75, 3.05) is 6.54 Å². The monoisotopic (exact) mass is 315 g/mol. The molecule has 4 rings (SSSR count). The highest BCUT2D eigenvalue weighted by atomic mass is 19.1. The molecule has 0 saturated heterocycles. The lowest BCUT2D eigenvalue weighted by Gasteiger charge is -2.48. The molecule has 1 aliphatic heterocycles. The van der Waals surface area contributed by atoms with Crippen LogP contribution in [0.25, 0.3) is 0 Å². The molecule has 2 fully saturated rings. The second-order valence-corrected chi connectivity index (χ2v) is 8.37. The molecule has 126 valence electrons. The molecule has 1 spiro atoms. The van der Waals surface area contributed by atoms with Crippen LogP contribution in [0.5, 0.6) is 0 Å². The van der Waals surface area contributed by atoms with Crippen LogP contribution in [0.3, 0.4) is 0 Å². The van der Waals surface area contributed by atoms with Gasteiger partial charge in [0, 0.05) is 19.1 Å². The molecule has 2 saturated carbocycles. The molecule has 0 bridgehead atoms. The van der Waals surface area contributed by atoms with Gasteiger partial charge in [-0.15, -0.1) is 0 Å². The Kier molecular flexibility index (Phi) is 4.21. The summed E-state index contributed by atoms with van der Waals surface area (Å²) in [7, 11) is 0. The zero-order chi connectivity index (χ0) is 15.9. The Morgan fingerprint density at radius 2 is 1.96 bits per heavy atom. The summed E-state index contributed by atoms with van der Waals surface area (Å²) in [4.78, 5) is 2.66. The zero-order valence-corrected chi connectivity index (χ0v) is 14.5. The second kappa shape index (κ2) is 6.20. The van der Waals surface area contributed by atoms with Gasteiger partial charge in [0.25, 0.3) is 0 Å². The number of hydrogen-bond donors (Lipinski definition) is 0. The van der Waals surface area contributed by atoms with Crippen LogP contribution in [0.2, 0.25) is 0 Å². The smallest absolute Gasteiger partial charge is 0.126 e. The van der Waals surface area contributed by atoms with Gasteiger partial charge in [0.2, 0.25) is 0 Å². The Morgan fingerprint density at radius 1 is 1.17 bits per heavy atom. The average molecular weight is 315 g/mol. The summed E-state index contributed by atoms with van der Waals surface area (Å²) < 4.78 is 14.1. The predicted octanol–water partition coefficient (Wildman–Crippen LogP) is 5.32. The van der Waals surface area contributed by atoms with Gasteiger partial charge in [0.15, 0.2) is 0 Å². The Morgan fingerprint density at radius 3 is 2.61 bits per heavy atom. The third-order valence-corrected chi connectivity index (χ3v) is 7.09. The first-order valence-corrected chi connectivity index (χ1v) is 9.69. The van der Waals surface area contributed by atoms with Crippen molar-refractivity contribution in [3.8, 4) is 0 Å². The van der Waals surface area contributed by atoms with Crippen molar-refractivity contribution >= 4 is 0 Å². The molecular formula is C21H30FN. The first kappa shape index (κ1) is 15.6. The van der Waals surface area contributed by atoms with Crippen molar-refractivity contribution in [2.24, 2.45) is 11.3 Å². The molecule has 23 heavy (non-hydrogen) atoms. The van der Waals surface area contributed by atoms with E-state index in [-0.39, 0.29) is 5.82 Å². The minimum atomic E-state index is 0.00481. The molecule has 0 N–H and O–H groups in total. The maximum absolute atomic E-state index is 14.1. The molecule has 0 radical (unpaired) electrons. The van der Waals surface area contributed by atoms with E-state index < -0.39 is 0 Å². The second-order valence-electron chi connectivity index (χ2n) is 8.37. The lowest BCUT2D eigenvalue weighted by molar-refractivity contribution is 0.0361. The van der Waals surface area contributed by atoms with E-state index in [1.54, 1.807) is 6.07 Å². The van der Waals surface area contributed by atoms with Crippen LogP contribution in [0.15, 0.2) is 18.2 Å². The summed E-state index contributed by atoms with van der Waals surface area (Å²) in [6.07, 6.45) is 12.3. The summed E-state index contributed by atoms with van der Waals surface area (Å²) in [6.45, 7) is 4.44. The Balaban J connectivity index is 1.42. The molecule has 0 aromatic heterocycles. The fraction of sp³-hybridized carbons (Fsp3) is 0.714.